The molecule has 6 heteroatoms. The third kappa shape index (κ3) is 2.92. The minimum atomic E-state index is 0.375. The number of ether oxygens (including phenoxy) is 1. The van der Waals surface area contributed by atoms with E-state index in [1.165, 1.54) is 5.56 Å². The summed E-state index contributed by atoms with van der Waals surface area (Å²) in [6, 6.07) is 16.4. The van der Waals surface area contributed by atoms with Gasteiger partial charge in [0, 0.05) is 19.0 Å². The van der Waals surface area contributed by atoms with Crippen molar-refractivity contribution in [3.05, 3.63) is 65.5 Å². The van der Waals surface area contributed by atoms with Gasteiger partial charge in [-0.15, -0.1) is 10.2 Å². The van der Waals surface area contributed by atoms with E-state index in [4.69, 9.17) is 9.72 Å². The normalized spacial score (nSPS) is 11.3. The Bertz CT molecular complexity index is 1030. The number of benzene rings is 2. The largest absolute Gasteiger partial charge is 0.377 e. The highest BCUT2D eigenvalue weighted by molar-refractivity contribution is 5.92. The quantitative estimate of drug-likeness (QED) is 0.607. The molecule has 0 fully saturated rings. The first-order chi connectivity index (χ1) is 12.3. The molecule has 0 radical (unpaired) electrons. The van der Waals surface area contributed by atoms with E-state index >= 15 is 0 Å². The predicted molar refractivity (Wildman–Crippen MR) is 97.5 cm³/mol. The van der Waals surface area contributed by atoms with Gasteiger partial charge in [-0.25, -0.2) is 9.38 Å². The molecule has 6 nitrogen and oxygen atoms in total. The van der Waals surface area contributed by atoms with Gasteiger partial charge in [0.15, 0.2) is 11.5 Å². The summed E-state index contributed by atoms with van der Waals surface area (Å²) in [5, 5.41) is 13.1. The van der Waals surface area contributed by atoms with Gasteiger partial charge in [0.1, 0.15) is 6.61 Å². The van der Waals surface area contributed by atoms with Gasteiger partial charge in [-0.1, -0.05) is 42.0 Å². The molecule has 0 amide bonds. The van der Waals surface area contributed by atoms with Crippen LogP contribution in [0.15, 0.2) is 48.5 Å². The molecule has 0 aliphatic rings. The van der Waals surface area contributed by atoms with Crippen LogP contribution in [0.2, 0.25) is 0 Å². The van der Waals surface area contributed by atoms with Crippen molar-refractivity contribution in [3.63, 3.8) is 0 Å². The van der Waals surface area contributed by atoms with Gasteiger partial charge in [-0.3, -0.25) is 0 Å². The summed E-state index contributed by atoms with van der Waals surface area (Å²) in [6.45, 7) is 3.11. The van der Waals surface area contributed by atoms with E-state index in [2.05, 4.69) is 46.7 Å². The molecule has 0 aliphatic heterocycles. The fourth-order valence-electron chi connectivity index (χ4n) is 2.92. The van der Waals surface area contributed by atoms with Crippen LogP contribution in [0, 0.1) is 6.92 Å². The first-order valence-corrected chi connectivity index (χ1v) is 8.17. The Balaban J connectivity index is 1.85. The van der Waals surface area contributed by atoms with Crippen molar-refractivity contribution in [1.29, 1.82) is 0 Å². The smallest absolute Gasteiger partial charge is 0.211 e. The maximum atomic E-state index is 5.27. The Morgan fingerprint density at radius 3 is 2.72 bits per heavy atom. The molecule has 25 heavy (non-hydrogen) atoms. The maximum Gasteiger partial charge on any atom is 0.211 e. The molecule has 2 aromatic heterocycles. The Morgan fingerprint density at radius 2 is 1.92 bits per heavy atom. The van der Waals surface area contributed by atoms with Crippen LogP contribution in [-0.4, -0.2) is 26.7 Å². The predicted octanol–water partition coefficient (Wildman–Crippen LogP) is 3.34. The average Bonchev–Trinajstić information content (AvgIpc) is 3.06. The van der Waals surface area contributed by atoms with E-state index < -0.39 is 0 Å². The van der Waals surface area contributed by atoms with Crippen LogP contribution in [0.4, 0.5) is 5.95 Å². The lowest BCUT2D eigenvalue weighted by molar-refractivity contribution is 0.177. The summed E-state index contributed by atoms with van der Waals surface area (Å²) in [5.74, 6) is 1.44. The van der Waals surface area contributed by atoms with Crippen LogP contribution in [0.5, 0.6) is 0 Å². The van der Waals surface area contributed by atoms with Crippen molar-refractivity contribution in [2.75, 3.05) is 12.4 Å². The zero-order chi connectivity index (χ0) is 17.2. The van der Waals surface area contributed by atoms with Crippen molar-refractivity contribution in [3.8, 4) is 0 Å². The zero-order valence-electron chi connectivity index (χ0n) is 14.2. The summed E-state index contributed by atoms with van der Waals surface area (Å²) < 4.78 is 7.21. The lowest BCUT2D eigenvalue weighted by Gasteiger charge is -2.11. The number of anilines is 1. The molecule has 1 N–H and O–H groups in total. The molecule has 2 heterocycles. The van der Waals surface area contributed by atoms with Crippen molar-refractivity contribution in [2.24, 2.45) is 0 Å². The number of aromatic nitrogens is 4. The van der Waals surface area contributed by atoms with Crippen molar-refractivity contribution < 1.29 is 4.74 Å². The Labute approximate surface area is 145 Å². The molecule has 0 unspecified atom stereocenters. The van der Waals surface area contributed by atoms with E-state index in [0.29, 0.717) is 19.1 Å². The maximum absolute atomic E-state index is 5.27. The van der Waals surface area contributed by atoms with E-state index in [0.717, 1.165) is 27.9 Å². The van der Waals surface area contributed by atoms with Gasteiger partial charge in [0.2, 0.25) is 5.95 Å². The lowest BCUT2D eigenvalue weighted by Crippen LogP contribution is -2.09. The standard InChI is InChI=1S/C19H19N5O/c1-13-8-9-16-15(10-13)18-23-22-17(12-25-2)24(18)19(21-16)20-11-14-6-4-3-5-7-14/h3-10H,11-12H2,1-2H3,(H,20,21). The third-order valence-electron chi connectivity index (χ3n) is 4.13. The lowest BCUT2D eigenvalue weighted by atomic mass is 10.1. The molecule has 0 aliphatic carbocycles. The van der Waals surface area contributed by atoms with E-state index in [-0.39, 0.29) is 0 Å². The third-order valence-corrected chi connectivity index (χ3v) is 4.13. The highest BCUT2D eigenvalue weighted by Gasteiger charge is 2.15. The van der Waals surface area contributed by atoms with E-state index in [1.54, 1.807) is 7.11 Å². The second-order valence-electron chi connectivity index (χ2n) is 6.00. The summed E-state index contributed by atoms with van der Waals surface area (Å²) in [6.07, 6.45) is 0. The van der Waals surface area contributed by atoms with Crippen LogP contribution in [0.3, 0.4) is 0 Å². The van der Waals surface area contributed by atoms with Crippen molar-refractivity contribution >= 4 is 22.5 Å². The molecule has 0 atom stereocenters. The van der Waals surface area contributed by atoms with Gasteiger partial charge in [0.05, 0.1) is 5.52 Å². The van der Waals surface area contributed by atoms with Crippen LogP contribution < -0.4 is 5.32 Å². The molecule has 0 bridgehead atoms. The fourth-order valence-corrected chi connectivity index (χ4v) is 2.92. The number of nitrogens with one attached hydrogen (secondary N) is 1. The fraction of sp³-hybridized carbons (Fsp3) is 0.211. The zero-order valence-corrected chi connectivity index (χ0v) is 14.2. The van der Waals surface area contributed by atoms with Crippen LogP contribution in [0.25, 0.3) is 16.6 Å². The number of fused-ring (bicyclic) bond motifs is 3. The second-order valence-corrected chi connectivity index (χ2v) is 6.00. The van der Waals surface area contributed by atoms with Gasteiger partial charge < -0.3 is 10.1 Å². The number of hydrogen-bond acceptors (Lipinski definition) is 5. The monoisotopic (exact) mass is 333 g/mol. The van der Waals surface area contributed by atoms with Gasteiger partial charge >= 0.3 is 0 Å². The number of aryl methyl sites for hydroxylation is 1. The van der Waals surface area contributed by atoms with Crippen LogP contribution >= 0.6 is 0 Å². The Morgan fingerprint density at radius 1 is 1.08 bits per heavy atom. The SMILES string of the molecule is COCc1nnc2c3cc(C)ccc3nc(NCc3ccccc3)n12. The summed E-state index contributed by atoms with van der Waals surface area (Å²) >= 11 is 0. The van der Waals surface area contributed by atoms with Gasteiger partial charge in [-0.2, -0.15) is 0 Å². The van der Waals surface area contributed by atoms with Crippen molar-refractivity contribution in [1.82, 2.24) is 19.6 Å². The average molecular weight is 333 g/mol. The molecule has 0 saturated heterocycles. The summed E-state index contributed by atoms with van der Waals surface area (Å²) in [4.78, 5) is 4.79. The topological polar surface area (TPSA) is 64.3 Å². The van der Waals surface area contributed by atoms with Gasteiger partial charge in [-0.05, 0) is 24.6 Å². The number of hydrogen-bond donors (Lipinski definition) is 1. The second kappa shape index (κ2) is 6.49. The minimum Gasteiger partial charge on any atom is -0.377 e. The minimum absolute atomic E-state index is 0.375. The molecule has 0 saturated carbocycles. The number of methoxy groups -OCH3 is 1. The van der Waals surface area contributed by atoms with Crippen molar-refractivity contribution in [2.45, 2.75) is 20.1 Å². The summed E-state index contributed by atoms with van der Waals surface area (Å²) in [5.41, 5.74) is 4.03. The molecule has 4 aromatic rings. The Kier molecular flexibility index (Phi) is 4.03. The molecular formula is C19H19N5O. The molecule has 0 spiro atoms. The van der Waals surface area contributed by atoms with Crippen LogP contribution in [-0.2, 0) is 17.9 Å². The first-order valence-electron chi connectivity index (χ1n) is 8.17. The summed E-state index contributed by atoms with van der Waals surface area (Å²) in [7, 11) is 1.65. The first kappa shape index (κ1) is 15.5. The van der Waals surface area contributed by atoms with E-state index in [9.17, 15) is 0 Å². The molecule has 2 aromatic carbocycles. The number of rotatable bonds is 5. The van der Waals surface area contributed by atoms with E-state index in [1.807, 2.05) is 28.7 Å². The molecular weight excluding hydrogens is 314 g/mol. The highest BCUT2D eigenvalue weighted by atomic mass is 16.5. The van der Waals surface area contributed by atoms with Crippen LogP contribution in [0.1, 0.15) is 17.0 Å². The molecule has 126 valence electrons. The molecule has 4 rings (SSSR count). The van der Waals surface area contributed by atoms with Gasteiger partial charge in [0.25, 0.3) is 0 Å². The highest BCUT2D eigenvalue weighted by Crippen LogP contribution is 2.23. The Hall–Kier alpha value is -2.99. The number of nitrogens with zero attached hydrogens (tertiary/aromatic N) is 4.